The highest BCUT2D eigenvalue weighted by Crippen LogP contribution is 2.30. The largest absolute Gasteiger partial charge is 0.416 e. The fourth-order valence-electron chi connectivity index (χ4n) is 2.37. The van der Waals surface area contributed by atoms with E-state index in [1.807, 2.05) is 0 Å². The standard InChI is InChI=1S/C14H11ClN2O2S.C7H4ClF3/c15-12-4-2-1-3-11(12)13(18)17(14(16)19)9-5-7-10(20)8-6-9;8-6-3-1-2-5(4-6)7(9,10)11/h1-8,20H,(H2,16,19);1-4H. The van der Waals surface area contributed by atoms with Crippen LogP contribution in [0, 0.1) is 0 Å². The molecule has 2 N–H and O–H groups in total. The van der Waals surface area contributed by atoms with Crippen molar-refractivity contribution >= 4 is 53.5 Å². The predicted molar refractivity (Wildman–Crippen MR) is 118 cm³/mol. The molecule has 3 aromatic rings. The topological polar surface area (TPSA) is 63.4 Å². The van der Waals surface area contributed by atoms with Crippen LogP contribution in [0.2, 0.25) is 10.0 Å². The number of amides is 3. The number of halogens is 5. The molecule has 0 radical (unpaired) electrons. The number of thiol groups is 1. The minimum absolute atomic E-state index is 0.0971. The number of primary amides is 1. The van der Waals surface area contributed by atoms with Crippen LogP contribution < -0.4 is 10.6 Å². The molecule has 0 saturated carbocycles. The molecule has 10 heteroatoms. The van der Waals surface area contributed by atoms with Crippen molar-refractivity contribution in [2.24, 2.45) is 5.73 Å². The average molecular weight is 487 g/mol. The van der Waals surface area contributed by atoms with Crippen LogP contribution in [0.25, 0.3) is 0 Å². The summed E-state index contributed by atoms with van der Waals surface area (Å²) in [7, 11) is 0. The molecule has 0 saturated heterocycles. The van der Waals surface area contributed by atoms with E-state index in [-0.39, 0.29) is 15.6 Å². The van der Waals surface area contributed by atoms with Crippen molar-refractivity contribution in [3.8, 4) is 0 Å². The predicted octanol–water partition coefficient (Wildman–Crippen LogP) is 6.71. The molecule has 0 atom stereocenters. The van der Waals surface area contributed by atoms with Gasteiger partial charge in [-0.25, -0.2) is 9.69 Å². The number of anilines is 1. The summed E-state index contributed by atoms with van der Waals surface area (Å²) in [5.41, 5.74) is 5.15. The average Bonchev–Trinajstić information content (AvgIpc) is 2.69. The Bertz CT molecular complexity index is 1080. The van der Waals surface area contributed by atoms with Gasteiger partial charge < -0.3 is 5.73 Å². The molecule has 0 aliphatic carbocycles. The van der Waals surface area contributed by atoms with Crippen LogP contribution in [0.3, 0.4) is 0 Å². The number of benzene rings is 3. The monoisotopic (exact) mass is 486 g/mol. The highest BCUT2D eigenvalue weighted by molar-refractivity contribution is 7.80. The number of urea groups is 1. The summed E-state index contributed by atoms with van der Waals surface area (Å²) in [4.78, 5) is 25.6. The second-order valence-electron chi connectivity index (χ2n) is 5.98. The molecule has 3 aromatic carbocycles. The quantitative estimate of drug-likeness (QED) is 0.395. The van der Waals surface area contributed by atoms with Gasteiger partial charge in [0.1, 0.15) is 0 Å². The number of carbonyl (C=O) groups is 2. The maximum absolute atomic E-state index is 12.4. The first-order valence-electron chi connectivity index (χ1n) is 8.51. The van der Waals surface area contributed by atoms with Crippen molar-refractivity contribution < 1.29 is 22.8 Å². The van der Waals surface area contributed by atoms with E-state index in [4.69, 9.17) is 28.9 Å². The number of hydrogen-bond acceptors (Lipinski definition) is 3. The molecule has 0 aliphatic rings. The molecule has 4 nitrogen and oxygen atoms in total. The summed E-state index contributed by atoms with van der Waals surface area (Å²) in [5.74, 6) is -0.574. The zero-order valence-corrected chi connectivity index (χ0v) is 18.0. The molecule has 0 unspecified atom stereocenters. The van der Waals surface area contributed by atoms with Crippen LogP contribution in [-0.2, 0) is 6.18 Å². The first kappa shape index (κ1) is 24.6. The van der Waals surface area contributed by atoms with Crippen LogP contribution in [0.5, 0.6) is 0 Å². The summed E-state index contributed by atoms with van der Waals surface area (Å²) in [6.07, 6.45) is -4.30. The number of nitrogens with zero attached hydrogens (tertiary/aromatic N) is 1. The van der Waals surface area contributed by atoms with Crippen molar-refractivity contribution in [3.63, 3.8) is 0 Å². The van der Waals surface area contributed by atoms with E-state index in [1.54, 1.807) is 42.5 Å². The van der Waals surface area contributed by atoms with Gasteiger partial charge in [0.05, 0.1) is 21.8 Å². The molecule has 0 fully saturated rings. The molecule has 0 bridgehead atoms. The van der Waals surface area contributed by atoms with E-state index >= 15 is 0 Å². The van der Waals surface area contributed by atoms with Gasteiger partial charge in [-0.1, -0.05) is 41.4 Å². The Morgan fingerprint density at radius 2 is 1.52 bits per heavy atom. The van der Waals surface area contributed by atoms with E-state index in [1.165, 1.54) is 18.2 Å². The lowest BCUT2D eigenvalue weighted by Gasteiger charge is -2.19. The lowest BCUT2D eigenvalue weighted by molar-refractivity contribution is -0.137. The highest BCUT2D eigenvalue weighted by Gasteiger charge is 2.30. The fourth-order valence-corrected chi connectivity index (χ4v) is 2.92. The fraction of sp³-hybridized carbons (Fsp3) is 0.0476. The molecule has 0 heterocycles. The molecule has 3 rings (SSSR count). The summed E-state index contributed by atoms with van der Waals surface area (Å²) in [5, 5.41) is 0.356. The van der Waals surface area contributed by atoms with Crippen LogP contribution in [0.4, 0.5) is 23.7 Å². The Morgan fingerprint density at radius 3 is 2.00 bits per heavy atom. The van der Waals surface area contributed by atoms with Gasteiger partial charge in [-0.15, -0.1) is 12.6 Å². The zero-order chi connectivity index (χ0) is 23.2. The Morgan fingerprint density at radius 1 is 0.903 bits per heavy atom. The molecule has 162 valence electrons. The first-order valence-corrected chi connectivity index (χ1v) is 9.71. The molecule has 0 aromatic heterocycles. The van der Waals surface area contributed by atoms with Gasteiger partial charge in [-0.2, -0.15) is 13.2 Å². The second kappa shape index (κ2) is 10.6. The van der Waals surface area contributed by atoms with Crippen molar-refractivity contribution in [3.05, 3.63) is 94.0 Å². The Kier molecular flexibility index (Phi) is 8.38. The number of alkyl halides is 3. The van der Waals surface area contributed by atoms with E-state index in [0.29, 0.717) is 10.6 Å². The van der Waals surface area contributed by atoms with Gasteiger partial charge in [-0.3, -0.25) is 4.79 Å². The maximum atomic E-state index is 12.4. The summed E-state index contributed by atoms with van der Waals surface area (Å²) >= 11 is 15.5. The van der Waals surface area contributed by atoms with Gasteiger partial charge in [0.2, 0.25) is 0 Å². The maximum Gasteiger partial charge on any atom is 0.416 e. The Balaban J connectivity index is 0.000000262. The van der Waals surface area contributed by atoms with Crippen LogP contribution in [0.15, 0.2) is 77.7 Å². The van der Waals surface area contributed by atoms with E-state index < -0.39 is 23.7 Å². The number of imide groups is 1. The molecule has 0 aliphatic heterocycles. The van der Waals surface area contributed by atoms with Crippen molar-refractivity contribution in [1.82, 2.24) is 0 Å². The van der Waals surface area contributed by atoms with Crippen molar-refractivity contribution in [2.75, 3.05) is 4.90 Å². The first-order chi connectivity index (χ1) is 14.5. The second-order valence-corrected chi connectivity index (χ2v) is 7.34. The number of hydrogen-bond donors (Lipinski definition) is 2. The number of nitrogens with two attached hydrogens (primary N) is 1. The smallest absolute Gasteiger partial charge is 0.351 e. The zero-order valence-electron chi connectivity index (χ0n) is 15.6. The normalized spacial score (nSPS) is 10.6. The summed E-state index contributed by atoms with van der Waals surface area (Å²) in [6.45, 7) is 0. The molecular weight excluding hydrogens is 472 g/mol. The van der Waals surface area contributed by atoms with Crippen molar-refractivity contribution in [2.45, 2.75) is 11.1 Å². The third-order valence-electron chi connectivity index (χ3n) is 3.79. The third-order valence-corrected chi connectivity index (χ3v) is 4.65. The van der Waals surface area contributed by atoms with Crippen LogP contribution >= 0.6 is 35.8 Å². The third kappa shape index (κ3) is 6.92. The minimum Gasteiger partial charge on any atom is -0.351 e. The molecule has 31 heavy (non-hydrogen) atoms. The number of carbonyl (C=O) groups excluding carboxylic acids is 2. The lowest BCUT2D eigenvalue weighted by atomic mass is 10.2. The van der Waals surface area contributed by atoms with Gasteiger partial charge in [-0.05, 0) is 54.6 Å². The number of rotatable bonds is 2. The van der Waals surface area contributed by atoms with Crippen LogP contribution in [0.1, 0.15) is 15.9 Å². The summed E-state index contributed by atoms with van der Waals surface area (Å²) in [6, 6.07) is 16.6. The highest BCUT2D eigenvalue weighted by atomic mass is 35.5. The summed E-state index contributed by atoms with van der Waals surface area (Å²) < 4.78 is 35.7. The SMILES string of the molecule is FC(F)(F)c1cccc(Cl)c1.NC(=O)N(C(=O)c1ccccc1Cl)c1ccc(S)cc1. The van der Waals surface area contributed by atoms with Gasteiger partial charge >= 0.3 is 12.2 Å². The molecule has 3 amide bonds. The van der Waals surface area contributed by atoms with Gasteiger partial charge in [0, 0.05) is 9.92 Å². The minimum atomic E-state index is -4.30. The van der Waals surface area contributed by atoms with Crippen LogP contribution in [-0.4, -0.2) is 11.9 Å². The van der Waals surface area contributed by atoms with Gasteiger partial charge in [0.25, 0.3) is 5.91 Å². The van der Waals surface area contributed by atoms with E-state index in [0.717, 1.165) is 17.0 Å². The van der Waals surface area contributed by atoms with E-state index in [2.05, 4.69) is 12.6 Å². The van der Waals surface area contributed by atoms with Gasteiger partial charge in [0.15, 0.2) is 0 Å². The Hall–Kier alpha value is -2.68. The Labute approximate surface area is 191 Å². The van der Waals surface area contributed by atoms with E-state index in [9.17, 15) is 22.8 Å². The molecular formula is C21H15Cl2F3N2O2S. The lowest BCUT2D eigenvalue weighted by Crippen LogP contribution is -2.41. The molecule has 0 spiro atoms. The van der Waals surface area contributed by atoms with Crippen molar-refractivity contribution in [1.29, 1.82) is 0 Å².